The molecule has 1 aromatic rings. The number of nitrogens with two attached hydrogens (primary N) is 1. The number of nitrogen functional groups attached to an aromatic ring is 1. The molecule has 0 radical (unpaired) electrons. The van der Waals surface area contributed by atoms with Crippen LogP contribution in [0.4, 0.5) is 5.69 Å². The predicted molar refractivity (Wildman–Crippen MR) is 66.6 cm³/mol. The molecular weight excluding hydrogens is 238 g/mol. The second-order valence-corrected chi connectivity index (χ2v) is 6.66. The average Bonchev–Trinajstić information content (AvgIpc) is 2.29. The lowest BCUT2D eigenvalue weighted by Crippen LogP contribution is -2.29. The van der Waals surface area contributed by atoms with Gasteiger partial charge in [0.2, 0.25) is 0 Å². The van der Waals surface area contributed by atoms with Crippen molar-refractivity contribution in [1.82, 2.24) is 0 Å². The molecule has 1 aliphatic rings. The molecule has 1 aliphatic heterocycles. The zero-order valence-electron chi connectivity index (χ0n) is 9.85. The first kappa shape index (κ1) is 12.4. The number of anilines is 1. The molecule has 5 heteroatoms. The first-order chi connectivity index (χ1) is 8.00. The molecule has 0 spiro atoms. The maximum absolute atomic E-state index is 12.4. The molecule has 0 amide bonds. The fourth-order valence-electron chi connectivity index (χ4n) is 2.12. The van der Waals surface area contributed by atoms with Gasteiger partial charge in [0.1, 0.15) is 0 Å². The highest BCUT2D eigenvalue weighted by Gasteiger charge is 2.29. The molecule has 94 valence electrons. The van der Waals surface area contributed by atoms with E-state index in [1.807, 2.05) is 6.92 Å². The number of sulfone groups is 1. The van der Waals surface area contributed by atoms with Gasteiger partial charge in [-0.15, -0.1) is 0 Å². The van der Waals surface area contributed by atoms with Crippen molar-refractivity contribution >= 4 is 15.5 Å². The molecule has 0 atom stereocenters. The summed E-state index contributed by atoms with van der Waals surface area (Å²) in [4.78, 5) is 0.335. The zero-order chi connectivity index (χ0) is 12.5. The summed E-state index contributed by atoms with van der Waals surface area (Å²) in [5, 5.41) is -0.336. The van der Waals surface area contributed by atoms with Crippen LogP contribution in [0.5, 0.6) is 0 Å². The van der Waals surface area contributed by atoms with Gasteiger partial charge >= 0.3 is 0 Å². The monoisotopic (exact) mass is 255 g/mol. The van der Waals surface area contributed by atoms with Crippen molar-refractivity contribution in [3.05, 3.63) is 23.8 Å². The van der Waals surface area contributed by atoms with Gasteiger partial charge in [-0.05, 0) is 43.5 Å². The SMILES string of the molecule is Cc1cc(N)cc(S(=O)(=O)C2CCOCC2)c1. The Hall–Kier alpha value is -1.07. The zero-order valence-corrected chi connectivity index (χ0v) is 10.7. The van der Waals surface area contributed by atoms with Gasteiger partial charge in [0.15, 0.2) is 9.84 Å². The minimum atomic E-state index is -3.27. The Morgan fingerprint density at radius 3 is 2.47 bits per heavy atom. The van der Waals surface area contributed by atoms with E-state index in [0.29, 0.717) is 36.6 Å². The quantitative estimate of drug-likeness (QED) is 0.814. The van der Waals surface area contributed by atoms with E-state index >= 15 is 0 Å². The first-order valence-corrected chi connectivity index (χ1v) is 7.23. The van der Waals surface area contributed by atoms with Gasteiger partial charge in [0, 0.05) is 18.9 Å². The Bertz CT molecular complexity index is 484. The van der Waals surface area contributed by atoms with Crippen LogP contribution in [0.2, 0.25) is 0 Å². The Morgan fingerprint density at radius 1 is 1.24 bits per heavy atom. The molecule has 2 rings (SSSR count). The van der Waals surface area contributed by atoms with Gasteiger partial charge < -0.3 is 10.5 Å². The molecule has 1 aromatic carbocycles. The summed E-state index contributed by atoms with van der Waals surface area (Å²) in [6, 6.07) is 4.99. The van der Waals surface area contributed by atoms with E-state index in [0.717, 1.165) is 5.56 Å². The molecule has 2 N–H and O–H groups in total. The van der Waals surface area contributed by atoms with Gasteiger partial charge in [-0.3, -0.25) is 0 Å². The van der Waals surface area contributed by atoms with Crippen LogP contribution < -0.4 is 5.73 Å². The van der Waals surface area contributed by atoms with Gasteiger partial charge in [-0.1, -0.05) is 0 Å². The maximum Gasteiger partial charge on any atom is 0.181 e. The lowest BCUT2D eigenvalue weighted by molar-refractivity contribution is 0.0983. The number of ether oxygens (including phenoxy) is 1. The van der Waals surface area contributed by atoms with Crippen molar-refractivity contribution in [2.45, 2.75) is 29.9 Å². The third-order valence-corrected chi connectivity index (χ3v) is 5.25. The van der Waals surface area contributed by atoms with Gasteiger partial charge in [-0.2, -0.15) is 0 Å². The van der Waals surface area contributed by atoms with Crippen LogP contribution in [0, 0.1) is 6.92 Å². The van der Waals surface area contributed by atoms with E-state index in [-0.39, 0.29) is 5.25 Å². The molecule has 0 aromatic heterocycles. The van der Waals surface area contributed by atoms with Gasteiger partial charge in [0.25, 0.3) is 0 Å². The second-order valence-electron chi connectivity index (χ2n) is 4.44. The van der Waals surface area contributed by atoms with Gasteiger partial charge in [-0.25, -0.2) is 8.42 Å². The Labute approximate surface area is 102 Å². The third-order valence-electron chi connectivity index (χ3n) is 3.01. The highest BCUT2D eigenvalue weighted by atomic mass is 32.2. The molecule has 4 nitrogen and oxygen atoms in total. The van der Waals surface area contributed by atoms with E-state index < -0.39 is 9.84 Å². The van der Waals surface area contributed by atoms with Crippen molar-refractivity contribution in [1.29, 1.82) is 0 Å². The van der Waals surface area contributed by atoms with Crippen LogP contribution in [0.15, 0.2) is 23.1 Å². The number of hydrogen-bond donors (Lipinski definition) is 1. The lowest BCUT2D eigenvalue weighted by atomic mass is 10.2. The van der Waals surface area contributed by atoms with Crippen molar-refractivity contribution < 1.29 is 13.2 Å². The summed E-state index contributed by atoms with van der Waals surface area (Å²) in [6.07, 6.45) is 1.13. The van der Waals surface area contributed by atoms with Gasteiger partial charge in [0.05, 0.1) is 10.1 Å². The van der Waals surface area contributed by atoms with E-state index in [2.05, 4.69) is 0 Å². The summed E-state index contributed by atoms with van der Waals surface area (Å²) in [5.41, 5.74) is 7.06. The standard InChI is InChI=1S/C12H17NO3S/c1-9-6-10(13)8-12(7-9)17(14,15)11-2-4-16-5-3-11/h6-8,11H,2-5,13H2,1H3. The summed E-state index contributed by atoms with van der Waals surface area (Å²) in [6.45, 7) is 2.88. The normalized spacial score (nSPS) is 18.2. The van der Waals surface area contributed by atoms with E-state index in [1.54, 1.807) is 12.1 Å². The Morgan fingerprint density at radius 2 is 1.88 bits per heavy atom. The highest BCUT2D eigenvalue weighted by molar-refractivity contribution is 7.92. The van der Waals surface area contributed by atoms with Crippen LogP contribution in [-0.4, -0.2) is 26.9 Å². The van der Waals surface area contributed by atoms with Crippen molar-refractivity contribution in [3.8, 4) is 0 Å². The van der Waals surface area contributed by atoms with Crippen molar-refractivity contribution in [2.75, 3.05) is 18.9 Å². The molecule has 17 heavy (non-hydrogen) atoms. The van der Waals surface area contributed by atoms with E-state index in [4.69, 9.17) is 10.5 Å². The Kier molecular flexibility index (Phi) is 3.40. The van der Waals surface area contributed by atoms with Crippen LogP contribution in [0.3, 0.4) is 0 Å². The van der Waals surface area contributed by atoms with Crippen LogP contribution in [-0.2, 0) is 14.6 Å². The number of hydrogen-bond acceptors (Lipinski definition) is 4. The number of aryl methyl sites for hydroxylation is 1. The fourth-order valence-corrected chi connectivity index (χ4v) is 3.97. The fraction of sp³-hybridized carbons (Fsp3) is 0.500. The van der Waals surface area contributed by atoms with Crippen LogP contribution in [0.1, 0.15) is 18.4 Å². The molecular formula is C12H17NO3S. The summed E-state index contributed by atoms with van der Waals surface area (Å²) in [7, 11) is -3.27. The minimum absolute atomic E-state index is 0.335. The molecule has 0 aliphatic carbocycles. The Balaban J connectivity index is 2.36. The van der Waals surface area contributed by atoms with E-state index in [1.165, 1.54) is 6.07 Å². The highest BCUT2D eigenvalue weighted by Crippen LogP contribution is 2.25. The minimum Gasteiger partial charge on any atom is -0.399 e. The van der Waals surface area contributed by atoms with Crippen LogP contribution in [0.25, 0.3) is 0 Å². The van der Waals surface area contributed by atoms with Crippen molar-refractivity contribution in [3.63, 3.8) is 0 Å². The molecule has 1 saturated heterocycles. The molecule has 1 heterocycles. The second kappa shape index (κ2) is 4.66. The maximum atomic E-state index is 12.4. The molecule has 0 bridgehead atoms. The average molecular weight is 255 g/mol. The number of benzene rings is 1. The summed E-state index contributed by atoms with van der Waals surface area (Å²) < 4.78 is 30.0. The molecule has 0 saturated carbocycles. The summed E-state index contributed by atoms with van der Waals surface area (Å²) in [5.74, 6) is 0. The topological polar surface area (TPSA) is 69.4 Å². The largest absolute Gasteiger partial charge is 0.399 e. The number of rotatable bonds is 2. The molecule has 0 unspecified atom stereocenters. The predicted octanol–water partition coefficient (Wildman–Crippen LogP) is 1.53. The van der Waals surface area contributed by atoms with Crippen LogP contribution >= 0.6 is 0 Å². The smallest absolute Gasteiger partial charge is 0.181 e. The van der Waals surface area contributed by atoms with Crippen molar-refractivity contribution in [2.24, 2.45) is 0 Å². The first-order valence-electron chi connectivity index (χ1n) is 5.69. The third kappa shape index (κ3) is 2.61. The van der Waals surface area contributed by atoms with E-state index in [9.17, 15) is 8.42 Å². The summed E-state index contributed by atoms with van der Waals surface area (Å²) >= 11 is 0. The molecule has 1 fully saturated rings. The lowest BCUT2D eigenvalue weighted by Gasteiger charge is -2.22.